The molecule has 0 aliphatic rings. The quantitative estimate of drug-likeness (QED) is 0.532. The maximum Gasteiger partial charge on any atom is 0.335 e. The number of hydrogen-bond donors (Lipinski definition) is 1. The Kier molecular flexibility index (Phi) is 6.86. The maximum atomic E-state index is 11.9. The van der Waals surface area contributed by atoms with Gasteiger partial charge in [-0.3, -0.25) is 4.79 Å². The number of carbonyl (C=O) groups excluding carboxylic acids is 1. The van der Waals surface area contributed by atoms with E-state index in [2.05, 4.69) is 6.92 Å². The zero-order valence-corrected chi connectivity index (χ0v) is 11.5. The van der Waals surface area contributed by atoms with Gasteiger partial charge in [0.2, 0.25) is 0 Å². The second kappa shape index (κ2) is 8.46. The minimum absolute atomic E-state index is 0.104. The van der Waals surface area contributed by atoms with Crippen molar-refractivity contribution in [1.29, 1.82) is 0 Å². The lowest BCUT2D eigenvalue weighted by Gasteiger charge is -2.02. The largest absolute Gasteiger partial charge is 0.478 e. The summed E-state index contributed by atoms with van der Waals surface area (Å²) >= 11 is 0. The van der Waals surface area contributed by atoms with Crippen LogP contribution in [0.15, 0.2) is 24.3 Å². The van der Waals surface area contributed by atoms with E-state index >= 15 is 0 Å². The Hall–Kier alpha value is -1.64. The van der Waals surface area contributed by atoms with Crippen LogP contribution in [0.1, 0.15) is 72.6 Å². The fraction of sp³-hybridized carbons (Fsp3) is 0.500. The van der Waals surface area contributed by atoms with Gasteiger partial charge in [0.15, 0.2) is 5.78 Å². The Morgan fingerprint density at radius 1 is 0.895 bits per heavy atom. The Bertz CT molecular complexity index is 407. The minimum Gasteiger partial charge on any atom is -0.478 e. The van der Waals surface area contributed by atoms with E-state index in [1.165, 1.54) is 37.8 Å². The number of ketones is 1. The molecule has 0 radical (unpaired) electrons. The van der Waals surface area contributed by atoms with E-state index in [0.717, 1.165) is 12.8 Å². The van der Waals surface area contributed by atoms with Crippen LogP contribution in [0.2, 0.25) is 0 Å². The molecule has 0 atom stereocenters. The normalized spacial score (nSPS) is 10.4. The smallest absolute Gasteiger partial charge is 0.335 e. The number of hydrogen-bond acceptors (Lipinski definition) is 2. The highest BCUT2D eigenvalue weighted by Crippen LogP contribution is 2.12. The summed E-state index contributed by atoms with van der Waals surface area (Å²) < 4.78 is 0. The second-order valence-electron chi connectivity index (χ2n) is 4.82. The Labute approximate surface area is 114 Å². The van der Waals surface area contributed by atoms with Crippen LogP contribution < -0.4 is 0 Å². The lowest BCUT2D eigenvalue weighted by molar-refractivity contribution is 0.0696. The van der Waals surface area contributed by atoms with Crippen molar-refractivity contribution in [1.82, 2.24) is 0 Å². The molecular formula is C16H22O3. The van der Waals surface area contributed by atoms with Crippen LogP contribution in [-0.4, -0.2) is 16.9 Å². The van der Waals surface area contributed by atoms with Crippen LogP contribution in [0.4, 0.5) is 0 Å². The highest BCUT2D eigenvalue weighted by Gasteiger charge is 2.07. The molecule has 0 saturated carbocycles. The summed E-state index contributed by atoms with van der Waals surface area (Å²) in [5.74, 6) is -0.859. The summed E-state index contributed by atoms with van der Waals surface area (Å²) in [7, 11) is 0. The fourth-order valence-electron chi connectivity index (χ4n) is 2.01. The topological polar surface area (TPSA) is 54.4 Å². The summed E-state index contributed by atoms with van der Waals surface area (Å²) in [6, 6.07) is 6.17. The van der Waals surface area contributed by atoms with Gasteiger partial charge >= 0.3 is 5.97 Å². The van der Waals surface area contributed by atoms with Gasteiger partial charge in [0, 0.05) is 12.0 Å². The number of unbranched alkanes of at least 4 members (excludes halogenated alkanes) is 5. The molecule has 3 heteroatoms. The molecular weight excluding hydrogens is 240 g/mol. The van der Waals surface area contributed by atoms with Crippen LogP contribution in [0.5, 0.6) is 0 Å². The highest BCUT2D eigenvalue weighted by atomic mass is 16.4. The Morgan fingerprint density at radius 3 is 2.00 bits per heavy atom. The number of carboxylic acid groups (broad SMARTS) is 1. The van der Waals surface area contributed by atoms with Crippen LogP contribution in [0, 0.1) is 0 Å². The molecule has 1 N–H and O–H groups in total. The predicted octanol–water partition coefficient (Wildman–Crippen LogP) is 4.32. The molecule has 0 spiro atoms. The SMILES string of the molecule is CCCCCCCCC(=O)c1ccc(C(=O)O)cc1. The molecule has 3 nitrogen and oxygen atoms in total. The minimum atomic E-state index is -0.963. The molecule has 0 saturated heterocycles. The van der Waals surface area contributed by atoms with Crippen molar-refractivity contribution in [2.75, 3.05) is 0 Å². The summed E-state index contributed by atoms with van der Waals surface area (Å²) in [6.45, 7) is 2.18. The van der Waals surface area contributed by atoms with Crippen molar-refractivity contribution in [2.45, 2.75) is 51.9 Å². The van der Waals surface area contributed by atoms with E-state index in [9.17, 15) is 9.59 Å². The average molecular weight is 262 g/mol. The first-order valence-electron chi connectivity index (χ1n) is 7.01. The van der Waals surface area contributed by atoms with Gasteiger partial charge in [-0.05, 0) is 18.6 Å². The van der Waals surface area contributed by atoms with Crippen molar-refractivity contribution in [3.63, 3.8) is 0 Å². The standard InChI is InChI=1S/C16H22O3/c1-2-3-4-5-6-7-8-15(17)13-9-11-14(12-10-13)16(18)19/h9-12H,2-8H2,1H3,(H,18,19). The van der Waals surface area contributed by atoms with Gasteiger partial charge in [-0.25, -0.2) is 4.79 Å². The van der Waals surface area contributed by atoms with Crippen LogP contribution in [0.25, 0.3) is 0 Å². The van der Waals surface area contributed by atoms with Crippen molar-refractivity contribution in [3.8, 4) is 0 Å². The zero-order chi connectivity index (χ0) is 14.1. The zero-order valence-electron chi connectivity index (χ0n) is 11.5. The highest BCUT2D eigenvalue weighted by molar-refractivity contribution is 5.97. The molecule has 0 aliphatic carbocycles. The Balaban J connectivity index is 2.31. The summed E-state index contributed by atoms with van der Waals surface area (Å²) in [4.78, 5) is 22.6. The van der Waals surface area contributed by atoms with Crippen LogP contribution in [0.3, 0.4) is 0 Å². The molecule has 0 unspecified atom stereocenters. The number of rotatable bonds is 9. The molecule has 0 amide bonds. The molecule has 104 valence electrons. The molecule has 0 fully saturated rings. The monoisotopic (exact) mass is 262 g/mol. The maximum absolute atomic E-state index is 11.9. The number of Topliss-reactive ketones (excluding diaryl/α,β-unsaturated/α-hetero) is 1. The van der Waals surface area contributed by atoms with Gasteiger partial charge in [-0.1, -0.05) is 51.2 Å². The summed E-state index contributed by atoms with van der Waals surface area (Å²) in [5.41, 5.74) is 0.828. The predicted molar refractivity (Wildman–Crippen MR) is 75.7 cm³/mol. The van der Waals surface area contributed by atoms with Gasteiger partial charge in [-0.2, -0.15) is 0 Å². The van der Waals surface area contributed by atoms with Crippen LogP contribution in [-0.2, 0) is 0 Å². The Morgan fingerprint density at radius 2 is 1.42 bits per heavy atom. The fourth-order valence-corrected chi connectivity index (χ4v) is 2.01. The van der Waals surface area contributed by atoms with E-state index in [4.69, 9.17) is 5.11 Å². The van der Waals surface area contributed by atoms with E-state index in [0.29, 0.717) is 12.0 Å². The van der Waals surface area contributed by atoms with E-state index in [1.54, 1.807) is 12.1 Å². The third kappa shape index (κ3) is 5.69. The van der Waals surface area contributed by atoms with Gasteiger partial charge in [0.05, 0.1) is 5.56 Å². The molecule has 1 aromatic rings. The molecule has 19 heavy (non-hydrogen) atoms. The van der Waals surface area contributed by atoms with Gasteiger partial charge in [0.25, 0.3) is 0 Å². The van der Waals surface area contributed by atoms with Gasteiger partial charge in [-0.15, -0.1) is 0 Å². The van der Waals surface area contributed by atoms with Gasteiger partial charge < -0.3 is 5.11 Å². The van der Waals surface area contributed by atoms with Crippen molar-refractivity contribution in [3.05, 3.63) is 35.4 Å². The van der Waals surface area contributed by atoms with Crippen molar-refractivity contribution < 1.29 is 14.7 Å². The van der Waals surface area contributed by atoms with Crippen molar-refractivity contribution >= 4 is 11.8 Å². The molecule has 0 bridgehead atoms. The number of carboxylic acids is 1. The third-order valence-corrected chi connectivity index (χ3v) is 3.21. The number of aromatic carboxylic acids is 1. The molecule has 1 aromatic carbocycles. The lowest BCUT2D eigenvalue weighted by atomic mass is 10.0. The van der Waals surface area contributed by atoms with E-state index < -0.39 is 5.97 Å². The van der Waals surface area contributed by atoms with Crippen LogP contribution >= 0.6 is 0 Å². The summed E-state index contributed by atoms with van der Waals surface area (Å²) in [5, 5.41) is 8.77. The average Bonchev–Trinajstić information content (AvgIpc) is 2.42. The first-order chi connectivity index (χ1) is 9.15. The van der Waals surface area contributed by atoms with Gasteiger partial charge in [0.1, 0.15) is 0 Å². The third-order valence-electron chi connectivity index (χ3n) is 3.21. The number of carbonyl (C=O) groups is 2. The molecule has 1 rings (SSSR count). The first-order valence-corrected chi connectivity index (χ1v) is 7.01. The summed E-state index contributed by atoms with van der Waals surface area (Å²) in [6.07, 6.45) is 7.51. The molecule has 0 heterocycles. The van der Waals surface area contributed by atoms with E-state index in [1.807, 2.05) is 0 Å². The lowest BCUT2D eigenvalue weighted by Crippen LogP contribution is -2.01. The second-order valence-corrected chi connectivity index (χ2v) is 4.82. The first kappa shape index (κ1) is 15.4. The van der Waals surface area contributed by atoms with Crippen molar-refractivity contribution in [2.24, 2.45) is 0 Å². The molecule has 0 aromatic heterocycles. The van der Waals surface area contributed by atoms with E-state index in [-0.39, 0.29) is 11.3 Å². The number of benzene rings is 1. The molecule has 0 aliphatic heterocycles.